The van der Waals surface area contributed by atoms with E-state index in [1.165, 1.54) is 10.9 Å². The zero-order valence-corrected chi connectivity index (χ0v) is 29.8. The number of hydrogen-bond donors (Lipinski definition) is 2. The van der Waals surface area contributed by atoms with Crippen molar-refractivity contribution in [1.29, 1.82) is 0 Å². The van der Waals surface area contributed by atoms with Gasteiger partial charge in [0.25, 0.3) is 0 Å². The third-order valence-electron chi connectivity index (χ3n) is 11.2. The lowest BCUT2D eigenvalue weighted by atomic mass is 9.88. The average molecular weight is 717 g/mol. The van der Waals surface area contributed by atoms with Gasteiger partial charge in [0.05, 0.1) is 32.0 Å². The van der Waals surface area contributed by atoms with Gasteiger partial charge in [-0.3, -0.25) is 5.10 Å². The second-order valence-electron chi connectivity index (χ2n) is 14.9. The molecule has 3 aliphatic heterocycles. The van der Waals surface area contributed by atoms with Crippen LogP contribution in [-0.2, 0) is 24.8 Å². The molecule has 3 aromatic carbocycles. The molecule has 3 aromatic heterocycles. The third-order valence-corrected chi connectivity index (χ3v) is 11.2. The van der Waals surface area contributed by atoms with Crippen LogP contribution < -0.4 is 19.7 Å². The van der Waals surface area contributed by atoms with Crippen LogP contribution in [0, 0.1) is 12.7 Å². The number of aryl methyl sites for hydroxylation is 1. The van der Waals surface area contributed by atoms with E-state index < -0.39 is 0 Å². The maximum absolute atomic E-state index is 15.8. The molecule has 10 rings (SSSR count). The van der Waals surface area contributed by atoms with Gasteiger partial charge in [0.1, 0.15) is 29.9 Å². The molecular formula is C39H41FN10O3. The number of halogens is 1. The quantitative estimate of drug-likeness (QED) is 0.191. The topological polar surface area (TPSA) is 141 Å². The SMILES string of the molecule is Cc1c(F)cc2[nH]ncc2c1-c1c(C2CC2)cc2c(N3C[C@@H]4C[C@H]3CN4)nc(OC3CCOCC3)nc2c1OCc1ccc(Cc2nnn(C)n2)cc1. The molecule has 272 valence electrons. The Balaban J connectivity index is 1.15. The molecule has 14 heteroatoms. The number of aromatic amines is 1. The van der Waals surface area contributed by atoms with Crippen LogP contribution >= 0.6 is 0 Å². The highest BCUT2D eigenvalue weighted by Gasteiger charge is 2.40. The monoisotopic (exact) mass is 716 g/mol. The number of rotatable bonds is 10. The first-order valence-electron chi connectivity index (χ1n) is 18.6. The van der Waals surface area contributed by atoms with Crippen molar-refractivity contribution in [3.8, 4) is 22.9 Å². The number of tetrazole rings is 1. The van der Waals surface area contributed by atoms with E-state index in [1.807, 2.05) is 6.92 Å². The number of anilines is 1. The van der Waals surface area contributed by atoms with Crippen LogP contribution in [0.4, 0.5) is 10.2 Å². The van der Waals surface area contributed by atoms with Crippen molar-refractivity contribution in [2.24, 2.45) is 7.05 Å². The summed E-state index contributed by atoms with van der Waals surface area (Å²) in [6.07, 6.45) is 7.02. The first-order chi connectivity index (χ1) is 25.9. The molecule has 53 heavy (non-hydrogen) atoms. The summed E-state index contributed by atoms with van der Waals surface area (Å²) in [5.74, 6) is 2.15. The van der Waals surface area contributed by atoms with Crippen molar-refractivity contribution >= 4 is 27.6 Å². The number of ether oxygens (including phenoxy) is 3. The number of aromatic nitrogens is 8. The standard InChI is InChI=1S/C39H41FN10O3/c1-21-31(40)16-32-30(18-42-45-32)34(21)35-28(24-7-8-24)15-29-36(37(35)52-20-23-5-3-22(4-6-23)13-33-46-48-49(2)47-33)43-39(53-27-9-11-51-12-10-27)44-38(29)50-19-25-14-26(50)17-41-25/h3-6,15-16,18,24-27,41H,7-14,17,19-20H2,1-2H3,(H,42,45)/t25-,26-/m0/s1. The molecule has 3 saturated heterocycles. The van der Waals surface area contributed by atoms with Crippen molar-refractivity contribution in [3.05, 3.63) is 76.5 Å². The van der Waals surface area contributed by atoms with Gasteiger partial charge < -0.3 is 24.4 Å². The first kappa shape index (κ1) is 32.4. The summed E-state index contributed by atoms with van der Waals surface area (Å²) in [6.45, 7) is 5.17. The molecular weight excluding hydrogens is 675 g/mol. The van der Waals surface area contributed by atoms with Gasteiger partial charge in [0.15, 0.2) is 11.6 Å². The third kappa shape index (κ3) is 6.03. The van der Waals surface area contributed by atoms with Crippen LogP contribution in [0.25, 0.3) is 32.9 Å². The zero-order valence-electron chi connectivity index (χ0n) is 29.8. The molecule has 0 radical (unpaired) electrons. The van der Waals surface area contributed by atoms with Crippen LogP contribution in [0.1, 0.15) is 66.1 Å². The minimum Gasteiger partial charge on any atom is -0.486 e. The van der Waals surface area contributed by atoms with E-state index in [2.05, 4.69) is 66.2 Å². The van der Waals surface area contributed by atoms with E-state index >= 15 is 4.39 Å². The Morgan fingerprint density at radius 2 is 1.83 bits per heavy atom. The van der Waals surface area contributed by atoms with Gasteiger partial charge >= 0.3 is 6.01 Å². The summed E-state index contributed by atoms with van der Waals surface area (Å²) in [5.41, 5.74) is 6.66. The van der Waals surface area contributed by atoms with E-state index in [-0.39, 0.29) is 18.5 Å². The Hall–Kier alpha value is -5.21. The molecule has 4 aliphatic rings. The summed E-state index contributed by atoms with van der Waals surface area (Å²) in [5, 5.41) is 25.2. The summed E-state index contributed by atoms with van der Waals surface area (Å²) in [4.78, 5) is 14.3. The van der Waals surface area contributed by atoms with E-state index in [4.69, 9.17) is 24.2 Å². The maximum Gasteiger partial charge on any atom is 0.319 e. The van der Waals surface area contributed by atoms with Gasteiger partial charge in [-0.25, -0.2) is 4.39 Å². The predicted molar refractivity (Wildman–Crippen MR) is 196 cm³/mol. The van der Waals surface area contributed by atoms with Gasteiger partial charge in [0, 0.05) is 66.3 Å². The largest absolute Gasteiger partial charge is 0.486 e. The average Bonchev–Trinajstić information content (AvgIpc) is 3.46. The van der Waals surface area contributed by atoms with E-state index in [0.717, 1.165) is 89.6 Å². The predicted octanol–water partition coefficient (Wildman–Crippen LogP) is 5.30. The fourth-order valence-corrected chi connectivity index (χ4v) is 8.34. The number of fused-ring (bicyclic) bond motifs is 4. The van der Waals surface area contributed by atoms with Gasteiger partial charge in [-0.2, -0.15) is 19.9 Å². The van der Waals surface area contributed by atoms with E-state index in [1.54, 1.807) is 13.2 Å². The first-order valence-corrected chi connectivity index (χ1v) is 18.6. The van der Waals surface area contributed by atoms with Crippen molar-refractivity contribution in [3.63, 3.8) is 0 Å². The molecule has 0 amide bonds. The highest BCUT2D eigenvalue weighted by atomic mass is 19.1. The Kier molecular flexibility index (Phi) is 7.97. The number of nitrogens with zero attached hydrogens (tertiary/aromatic N) is 8. The fourth-order valence-electron chi connectivity index (χ4n) is 8.34. The number of piperazine rings is 1. The number of H-pyrrole nitrogens is 1. The minimum absolute atomic E-state index is 0.0491. The zero-order chi connectivity index (χ0) is 35.6. The molecule has 6 heterocycles. The minimum atomic E-state index is -0.301. The number of nitrogens with one attached hydrogen (secondary N) is 2. The highest BCUT2D eigenvalue weighted by Crippen LogP contribution is 2.53. The normalized spacial score (nSPS) is 20.2. The summed E-state index contributed by atoms with van der Waals surface area (Å²) in [7, 11) is 1.76. The molecule has 0 unspecified atom stereocenters. The van der Waals surface area contributed by atoms with Gasteiger partial charge in [-0.15, -0.1) is 10.2 Å². The lowest BCUT2D eigenvalue weighted by Gasteiger charge is -2.31. The lowest BCUT2D eigenvalue weighted by molar-refractivity contribution is 0.0219. The molecule has 13 nitrogen and oxygen atoms in total. The van der Waals surface area contributed by atoms with Gasteiger partial charge in [0.2, 0.25) is 0 Å². The van der Waals surface area contributed by atoms with E-state index in [9.17, 15) is 0 Å². The van der Waals surface area contributed by atoms with Crippen LogP contribution in [0.15, 0.2) is 42.6 Å². The van der Waals surface area contributed by atoms with Crippen LogP contribution in [0.3, 0.4) is 0 Å². The number of benzene rings is 3. The number of hydrogen-bond acceptors (Lipinski definition) is 11. The lowest BCUT2D eigenvalue weighted by Crippen LogP contribution is -2.44. The second kappa shape index (κ2) is 13.0. The van der Waals surface area contributed by atoms with Crippen molar-refractivity contribution in [2.45, 2.75) is 76.2 Å². The van der Waals surface area contributed by atoms with Gasteiger partial charge in [-0.05, 0) is 71.7 Å². The van der Waals surface area contributed by atoms with Crippen LogP contribution in [0.2, 0.25) is 0 Å². The van der Waals surface area contributed by atoms with Crippen molar-refractivity contribution in [2.75, 3.05) is 31.2 Å². The molecule has 2 N–H and O–H groups in total. The molecule has 6 aromatic rings. The molecule has 2 atom stereocenters. The Morgan fingerprint density at radius 3 is 2.57 bits per heavy atom. The van der Waals surface area contributed by atoms with Crippen molar-refractivity contribution < 1.29 is 18.6 Å². The Bertz CT molecular complexity index is 2330. The molecule has 0 spiro atoms. The molecule has 1 aliphatic carbocycles. The van der Waals surface area contributed by atoms with Crippen molar-refractivity contribution in [1.82, 2.24) is 45.7 Å². The maximum atomic E-state index is 15.8. The molecule has 4 fully saturated rings. The summed E-state index contributed by atoms with van der Waals surface area (Å²) < 4.78 is 35.0. The Morgan fingerprint density at radius 1 is 1.00 bits per heavy atom. The fraction of sp³-hybridized carbons (Fsp3) is 0.436. The second-order valence-corrected chi connectivity index (χ2v) is 14.9. The van der Waals surface area contributed by atoms with Gasteiger partial charge in [-0.1, -0.05) is 24.3 Å². The summed E-state index contributed by atoms with van der Waals surface area (Å²) >= 11 is 0. The molecule has 2 bridgehead atoms. The Labute approximate surface area is 305 Å². The van der Waals surface area contributed by atoms with Crippen LogP contribution in [-0.4, -0.2) is 84.9 Å². The summed E-state index contributed by atoms with van der Waals surface area (Å²) in [6, 6.07) is 13.1. The van der Waals surface area contributed by atoms with Crippen LogP contribution in [0.5, 0.6) is 11.8 Å². The smallest absolute Gasteiger partial charge is 0.319 e. The highest BCUT2D eigenvalue weighted by molar-refractivity contribution is 6.06. The van der Waals surface area contributed by atoms with E-state index in [0.29, 0.717) is 71.8 Å². The molecule has 1 saturated carbocycles.